The number of amides is 1. The molecular weight excluding hydrogens is 266 g/mol. The van der Waals surface area contributed by atoms with Crippen molar-refractivity contribution in [3.05, 3.63) is 35.4 Å². The maximum absolute atomic E-state index is 12.5. The number of benzene rings is 1. The highest BCUT2D eigenvalue weighted by Crippen LogP contribution is 2.22. The van der Waals surface area contributed by atoms with Crippen LogP contribution in [0.5, 0.6) is 0 Å². The molecule has 0 aliphatic carbocycles. The Labute approximate surface area is 125 Å². The summed E-state index contributed by atoms with van der Waals surface area (Å²) in [7, 11) is 0. The number of rotatable bonds is 6. The van der Waals surface area contributed by atoms with Crippen LogP contribution < -0.4 is 0 Å². The second kappa shape index (κ2) is 6.74. The number of carboxylic acid groups (broad SMARTS) is 1. The van der Waals surface area contributed by atoms with Crippen molar-refractivity contribution >= 4 is 11.9 Å². The Balaban J connectivity index is 1.91. The molecule has 0 saturated carbocycles. The average molecular weight is 289 g/mol. The predicted molar refractivity (Wildman–Crippen MR) is 81.3 cm³/mol. The standard InChI is InChI=1S/C17H23NO3/c1-12(17(20)21)6-5-7-13(2)18-11-10-14-8-3-4-9-15(14)16(18)19/h3-4,8-9,12-13H,5-7,10-11H2,1-2H3,(H,20,21). The maximum atomic E-state index is 12.5. The third kappa shape index (κ3) is 3.63. The van der Waals surface area contributed by atoms with E-state index >= 15 is 0 Å². The summed E-state index contributed by atoms with van der Waals surface area (Å²) in [5, 5.41) is 8.88. The third-order valence-electron chi connectivity index (χ3n) is 4.34. The van der Waals surface area contributed by atoms with Crippen molar-refractivity contribution in [2.45, 2.75) is 45.6 Å². The third-order valence-corrected chi connectivity index (χ3v) is 4.34. The largest absolute Gasteiger partial charge is 0.481 e. The van der Waals surface area contributed by atoms with Gasteiger partial charge in [0.05, 0.1) is 5.92 Å². The number of fused-ring (bicyclic) bond motifs is 1. The van der Waals surface area contributed by atoms with E-state index in [2.05, 4.69) is 6.92 Å². The molecule has 1 aliphatic heterocycles. The van der Waals surface area contributed by atoms with Crippen molar-refractivity contribution in [1.29, 1.82) is 0 Å². The maximum Gasteiger partial charge on any atom is 0.306 e. The van der Waals surface area contributed by atoms with Crippen molar-refractivity contribution in [3.63, 3.8) is 0 Å². The van der Waals surface area contributed by atoms with Crippen molar-refractivity contribution in [2.75, 3.05) is 6.54 Å². The van der Waals surface area contributed by atoms with Crippen LogP contribution in [0, 0.1) is 5.92 Å². The molecule has 1 amide bonds. The summed E-state index contributed by atoms with van der Waals surface area (Å²) in [6.45, 7) is 4.54. The molecule has 0 fully saturated rings. The highest BCUT2D eigenvalue weighted by molar-refractivity contribution is 5.96. The van der Waals surface area contributed by atoms with Gasteiger partial charge in [0.1, 0.15) is 0 Å². The quantitative estimate of drug-likeness (QED) is 0.876. The highest BCUT2D eigenvalue weighted by atomic mass is 16.4. The fraction of sp³-hybridized carbons (Fsp3) is 0.529. The molecule has 0 aromatic heterocycles. The van der Waals surface area contributed by atoms with Gasteiger partial charge in [-0.1, -0.05) is 31.5 Å². The van der Waals surface area contributed by atoms with Crippen LogP contribution in [0.1, 0.15) is 49.0 Å². The van der Waals surface area contributed by atoms with Crippen LogP contribution >= 0.6 is 0 Å². The topological polar surface area (TPSA) is 57.6 Å². The number of carboxylic acids is 1. The fourth-order valence-corrected chi connectivity index (χ4v) is 2.86. The highest BCUT2D eigenvalue weighted by Gasteiger charge is 2.27. The first-order valence-electron chi connectivity index (χ1n) is 7.62. The Kier molecular flexibility index (Phi) is 4.99. The van der Waals surface area contributed by atoms with E-state index in [0.29, 0.717) is 6.42 Å². The first-order chi connectivity index (χ1) is 10.0. The summed E-state index contributed by atoms with van der Waals surface area (Å²) >= 11 is 0. The molecular formula is C17H23NO3. The van der Waals surface area contributed by atoms with Gasteiger partial charge in [-0.15, -0.1) is 0 Å². The molecule has 4 heteroatoms. The SMILES string of the molecule is CC(CCCC(C)N1CCc2ccccc2C1=O)C(=O)O. The molecule has 21 heavy (non-hydrogen) atoms. The van der Waals surface area contributed by atoms with Gasteiger partial charge >= 0.3 is 5.97 Å². The van der Waals surface area contributed by atoms with Crippen molar-refractivity contribution < 1.29 is 14.7 Å². The molecule has 0 radical (unpaired) electrons. The van der Waals surface area contributed by atoms with E-state index in [1.807, 2.05) is 29.2 Å². The molecule has 1 heterocycles. The molecule has 0 saturated heterocycles. The predicted octanol–water partition coefficient (Wildman–Crippen LogP) is 2.96. The number of carbonyl (C=O) groups excluding carboxylic acids is 1. The van der Waals surface area contributed by atoms with Crippen molar-refractivity contribution in [1.82, 2.24) is 4.90 Å². The zero-order valence-corrected chi connectivity index (χ0v) is 12.7. The van der Waals surface area contributed by atoms with Gasteiger partial charge in [0.25, 0.3) is 5.91 Å². The zero-order chi connectivity index (χ0) is 15.4. The number of hydrogen-bond acceptors (Lipinski definition) is 2. The molecule has 1 aromatic rings. The van der Waals surface area contributed by atoms with Gasteiger partial charge in [-0.05, 0) is 37.8 Å². The van der Waals surface area contributed by atoms with Crippen LogP contribution in [-0.4, -0.2) is 34.5 Å². The molecule has 1 N–H and O–H groups in total. The van der Waals surface area contributed by atoms with E-state index in [4.69, 9.17) is 5.11 Å². The van der Waals surface area contributed by atoms with Crippen LogP contribution in [0.3, 0.4) is 0 Å². The second-order valence-corrected chi connectivity index (χ2v) is 5.92. The van der Waals surface area contributed by atoms with Crippen molar-refractivity contribution in [3.8, 4) is 0 Å². The van der Waals surface area contributed by atoms with Crippen LogP contribution in [0.2, 0.25) is 0 Å². The number of hydrogen-bond donors (Lipinski definition) is 1. The lowest BCUT2D eigenvalue weighted by Gasteiger charge is -2.33. The Hall–Kier alpha value is -1.84. The monoisotopic (exact) mass is 289 g/mol. The Morgan fingerprint density at radius 1 is 1.29 bits per heavy atom. The molecule has 4 nitrogen and oxygen atoms in total. The van der Waals surface area contributed by atoms with E-state index in [9.17, 15) is 9.59 Å². The smallest absolute Gasteiger partial charge is 0.306 e. The Morgan fingerprint density at radius 2 is 2.00 bits per heavy atom. The summed E-state index contributed by atoms with van der Waals surface area (Å²) in [5.74, 6) is -0.948. The van der Waals surface area contributed by atoms with Gasteiger partial charge in [-0.25, -0.2) is 0 Å². The lowest BCUT2D eigenvalue weighted by Crippen LogP contribution is -2.43. The van der Waals surface area contributed by atoms with Gasteiger partial charge in [0.15, 0.2) is 0 Å². The lowest BCUT2D eigenvalue weighted by atomic mass is 9.96. The molecule has 1 aliphatic rings. The van der Waals surface area contributed by atoms with E-state index in [-0.39, 0.29) is 17.9 Å². The van der Waals surface area contributed by atoms with Crippen LogP contribution in [0.4, 0.5) is 0 Å². The van der Waals surface area contributed by atoms with Gasteiger partial charge in [0.2, 0.25) is 0 Å². The Morgan fingerprint density at radius 3 is 2.71 bits per heavy atom. The van der Waals surface area contributed by atoms with Gasteiger partial charge < -0.3 is 10.0 Å². The normalized spacial score (nSPS) is 17.2. The minimum atomic E-state index is -0.745. The molecule has 0 spiro atoms. The van der Waals surface area contributed by atoms with Crippen LogP contribution in [-0.2, 0) is 11.2 Å². The van der Waals surface area contributed by atoms with Crippen molar-refractivity contribution in [2.24, 2.45) is 5.92 Å². The zero-order valence-electron chi connectivity index (χ0n) is 12.7. The number of aliphatic carboxylic acids is 1. The first-order valence-corrected chi connectivity index (χ1v) is 7.62. The van der Waals surface area contributed by atoms with Crippen LogP contribution in [0.25, 0.3) is 0 Å². The molecule has 0 bridgehead atoms. The molecule has 2 atom stereocenters. The Bertz CT molecular complexity index is 527. The summed E-state index contributed by atoms with van der Waals surface area (Å²) < 4.78 is 0. The average Bonchev–Trinajstić information content (AvgIpc) is 2.47. The molecule has 1 aromatic carbocycles. The van der Waals surface area contributed by atoms with E-state index in [1.54, 1.807) is 6.92 Å². The minimum absolute atomic E-state index is 0.107. The van der Waals surface area contributed by atoms with Crippen LogP contribution in [0.15, 0.2) is 24.3 Å². The second-order valence-electron chi connectivity index (χ2n) is 5.92. The number of carbonyl (C=O) groups is 2. The van der Waals surface area contributed by atoms with Gasteiger partial charge in [-0.3, -0.25) is 9.59 Å². The summed E-state index contributed by atoms with van der Waals surface area (Å²) in [5.41, 5.74) is 1.94. The number of nitrogens with zero attached hydrogens (tertiary/aromatic N) is 1. The summed E-state index contributed by atoms with van der Waals surface area (Å²) in [4.78, 5) is 25.2. The molecule has 2 unspecified atom stereocenters. The summed E-state index contributed by atoms with van der Waals surface area (Å²) in [6.07, 6.45) is 3.25. The summed E-state index contributed by atoms with van der Waals surface area (Å²) in [6, 6.07) is 7.94. The lowest BCUT2D eigenvalue weighted by molar-refractivity contribution is -0.141. The fourth-order valence-electron chi connectivity index (χ4n) is 2.86. The van der Waals surface area contributed by atoms with Gasteiger partial charge in [0, 0.05) is 18.2 Å². The van der Waals surface area contributed by atoms with E-state index in [0.717, 1.165) is 36.9 Å². The van der Waals surface area contributed by atoms with Gasteiger partial charge in [-0.2, -0.15) is 0 Å². The first kappa shape index (κ1) is 15.5. The van der Waals surface area contributed by atoms with E-state index in [1.165, 1.54) is 0 Å². The molecule has 2 rings (SSSR count). The van der Waals surface area contributed by atoms with E-state index < -0.39 is 5.97 Å². The molecule has 114 valence electrons. The minimum Gasteiger partial charge on any atom is -0.481 e.